The number of para-hydroxylation sites is 1. The maximum absolute atomic E-state index is 13.2. The Morgan fingerprint density at radius 2 is 2.00 bits per heavy atom. The highest BCUT2D eigenvalue weighted by Crippen LogP contribution is 2.10. The summed E-state index contributed by atoms with van der Waals surface area (Å²) in [6.07, 6.45) is 1.41. The van der Waals surface area contributed by atoms with E-state index in [4.69, 9.17) is 0 Å². The van der Waals surface area contributed by atoms with Gasteiger partial charge >= 0.3 is 0 Å². The zero-order valence-corrected chi connectivity index (χ0v) is 12.5. The summed E-state index contributed by atoms with van der Waals surface area (Å²) in [4.78, 5) is 27.5. The lowest BCUT2D eigenvalue weighted by Gasteiger charge is -2.07. The third kappa shape index (κ3) is 2.99. The van der Waals surface area contributed by atoms with Gasteiger partial charge in [-0.1, -0.05) is 24.3 Å². The van der Waals surface area contributed by atoms with E-state index in [9.17, 15) is 14.0 Å². The zero-order chi connectivity index (χ0) is 16.4. The Morgan fingerprint density at radius 3 is 2.78 bits per heavy atom. The van der Waals surface area contributed by atoms with E-state index in [1.54, 1.807) is 37.3 Å². The SMILES string of the molecule is Cc1cc(CNC(=O)c2c[nH]c3ccccc3c2=O)ccc1F. The smallest absolute Gasteiger partial charge is 0.257 e. The number of hydrogen-bond acceptors (Lipinski definition) is 2. The molecule has 0 saturated heterocycles. The molecule has 0 atom stereocenters. The number of carbonyl (C=O) groups is 1. The van der Waals surface area contributed by atoms with Crippen LogP contribution in [0.1, 0.15) is 21.5 Å². The van der Waals surface area contributed by atoms with Gasteiger partial charge in [-0.15, -0.1) is 0 Å². The lowest BCUT2D eigenvalue weighted by atomic mass is 10.1. The molecule has 0 radical (unpaired) electrons. The summed E-state index contributed by atoms with van der Waals surface area (Å²) in [6, 6.07) is 11.6. The summed E-state index contributed by atoms with van der Waals surface area (Å²) < 4.78 is 13.2. The van der Waals surface area contributed by atoms with E-state index in [2.05, 4.69) is 10.3 Å². The van der Waals surface area contributed by atoms with Crippen LogP contribution >= 0.6 is 0 Å². The molecule has 4 nitrogen and oxygen atoms in total. The summed E-state index contributed by atoms with van der Waals surface area (Å²) in [6.45, 7) is 1.89. The summed E-state index contributed by atoms with van der Waals surface area (Å²) in [5.74, 6) is -0.745. The van der Waals surface area contributed by atoms with Gasteiger partial charge in [-0.3, -0.25) is 9.59 Å². The molecule has 0 bridgehead atoms. The molecule has 1 aromatic heterocycles. The minimum absolute atomic E-state index is 0.0579. The molecule has 0 aliphatic heterocycles. The number of amides is 1. The molecule has 2 N–H and O–H groups in total. The Morgan fingerprint density at radius 1 is 1.22 bits per heavy atom. The van der Waals surface area contributed by atoms with Crippen LogP contribution in [0, 0.1) is 12.7 Å². The summed E-state index contributed by atoms with van der Waals surface area (Å²) >= 11 is 0. The number of benzene rings is 2. The molecule has 0 aliphatic carbocycles. The fourth-order valence-corrected chi connectivity index (χ4v) is 2.43. The molecule has 0 fully saturated rings. The van der Waals surface area contributed by atoms with Crippen molar-refractivity contribution < 1.29 is 9.18 Å². The van der Waals surface area contributed by atoms with Crippen molar-refractivity contribution in [2.75, 3.05) is 0 Å². The summed E-state index contributed by atoms with van der Waals surface area (Å²) in [7, 11) is 0. The number of carbonyl (C=O) groups excluding carboxylic acids is 1. The first-order valence-corrected chi connectivity index (χ1v) is 7.20. The molecule has 0 aliphatic rings. The van der Waals surface area contributed by atoms with E-state index < -0.39 is 5.91 Å². The van der Waals surface area contributed by atoms with Gasteiger partial charge in [0.05, 0.1) is 0 Å². The number of fused-ring (bicyclic) bond motifs is 1. The Balaban J connectivity index is 1.82. The van der Waals surface area contributed by atoms with Gasteiger partial charge in [0.1, 0.15) is 11.4 Å². The van der Waals surface area contributed by atoms with Crippen molar-refractivity contribution >= 4 is 16.8 Å². The van der Waals surface area contributed by atoms with Gasteiger partial charge in [-0.2, -0.15) is 0 Å². The van der Waals surface area contributed by atoms with Crippen LogP contribution in [-0.2, 0) is 6.54 Å². The molecule has 2 aromatic carbocycles. The van der Waals surface area contributed by atoms with E-state index in [0.717, 1.165) is 5.56 Å². The second kappa shape index (κ2) is 6.04. The van der Waals surface area contributed by atoms with Gasteiger partial charge in [0.2, 0.25) is 5.43 Å². The third-order valence-corrected chi connectivity index (χ3v) is 3.71. The Kier molecular flexibility index (Phi) is 3.93. The average molecular weight is 310 g/mol. The fraction of sp³-hybridized carbons (Fsp3) is 0.111. The molecule has 116 valence electrons. The highest BCUT2D eigenvalue weighted by Gasteiger charge is 2.12. The molecule has 3 rings (SSSR count). The van der Waals surface area contributed by atoms with E-state index in [1.807, 2.05) is 6.07 Å². The zero-order valence-electron chi connectivity index (χ0n) is 12.5. The van der Waals surface area contributed by atoms with E-state index in [0.29, 0.717) is 16.5 Å². The van der Waals surface area contributed by atoms with Crippen LogP contribution in [0.2, 0.25) is 0 Å². The van der Waals surface area contributed by atoms with Crippen molar-refractivity contribution in [2.45, 2.75) is 13.5 Å². The van der Waals surface area contributed by atoms with Crippen molar-refractivity contribution in [3.63, 3.8) is 0 Å². The predicted molar refractivity (Wildman–Crippen MR) is 86.9 cm³/mol. The third-order valence-electron chi connectivity index (χ3n) is 3.71. The number of pyridine rings is 1. The minimum Gasteiger partial charge on any atom is -0.360 e. The van der Waals surface area contributed by atoms with Crippen LogP contribution in [0.5, 0.6) is 0 Å². The number of aryl methyl sites for hydroxylation is 1. The van der Waals surface area contributed by atoms with Gasteiger partial charge < -0.3 is 10.3 Å². The number of aromatic nitrogens is 1. The van der Waals surface area contributed by atoms with Gasteiger partial charge in [0.15, 0.2) is 0 Å². The second-order valence-electron chi connectivity index (χ2n) is 5.34. The van der Waals surface area contributed by atoms with Crippen LogP contribution in [0.25, 0.3) is 10.9 Å². The standard InChI is InChI=1S/C18H15FN2O2/c1-11-8-12(6-7-15(11)19)9-21-18(23)14-10-20-16-5-3-2-4-13(16)17(14)22/h2-8,10H,9H2,1H3,(H,20,22)(H,21,23). The molecular weight excluding hydrogens is 295 g/mol. The van der Waals surface area contributed by atoms with Crippen molar-refractivity contribution in [3.05, 3.63) is 81.4 Å². The second-order valence-corrected chi connectivity index (χ2v) is 5.34. The van der Waals surface area contributed by atoms with Gasteiger partial charge in [-0.25, -0.2) is 4.39 Å². The number of rotatable bonds is 3. The van der Waals surface area contributed by atoms with Gasteiger partial charge in [0, 0.05) is 23.6 Å². The van der Waals surface area contributed by atoms with E-state index >= 15 is 0 Å². The first-order chi connectivity index (χ1) is 11.1. The molecule has 0 spiro atoms. The number of halogens is 1. The van der Waals surface area contributed by atoms with Gasteiger partial charge in [-0.05, 0) is 36.2 Å². The monoisotopic (exact) mass is 310 g/mol. The van der Waals surface area contributed by atoms with E-state index in [1.165, 1.54) is 12.3 Å². The van der Waals surface area contributed by atoms with Crippen LogP contribution in [0.4, 0.5) is 4.39 Å². The van der Waals surface area contributed by atoms with Crippen molar-refractivity contribution in [1.29, 1.82) is 0 Å². The number of hydrogen-bond donors (Lipinski definition) is 2. The molecular formula is C18H15FN2O2. The molecule has 5 heteroatoms. The maximum atomic E-state index is 13.2. The molecule has 0 saturated carbocycles. The quantitative estimate of drug-likeness (QED) is 0.781. The number of nitrogens with one attached hydrogen (secondary N) is 2. The van der Waals surface area contributed by atoms with Crippen LogP contribution in [-0.4, -0.2) is 10.9 Å². The number of aromatic amines is 1. The molecule has 23 heavy (non-hydrogen) atoms. The number of H-pyrrole nitrogens is 1. The predicted octanol–water partition coefficient (Wildman–Crippen LogP) is 2.91. The molecule has 1 amide bonds. The Labute approximate surface area is 132 Å². The van der Waals surface area contributed by atoms with Crippen molar-refractivity contribution in [3.8, 4) is 0 Å². The Hall–Kier alpha value is -2.95. The lowest BCUT2D eigenvalue weighted by Crippen LogP contribution is -2.28. The highest BCUT2D eigenvalue weighted by molar-refractivity contribution is 5.97. The highest BCUT2D eigenvalue weighted by atomic mass is 19.1. The molecule has 1 heterocycles. The van der Waals surface area contributed by atoms with Gasteiger partial charge in [0.25, 0.3) is 5.91 Å². The largest absolute Gasteiger partial charge is 0.360 e. The molecule has 0 unspecified atom stereocenters. The summed E-state index contributed by atoms with van der Waals surface area (Å²) in [5, 5.41) is 3.16. The van der Waals surface area contributed by atoms with E-state index in [-0.39, 0.29) is 23.4 Å². The van der Waals surface area contributed by atoms with Crippen molar-refractivity contribution in [2.24, 2.45) is 0 Å². The Bertz CT molecular complexity index is 947. The van der Waals surface area contributed by atoms with Crippen LogP contribution < -0.4 is 10.7 Å². The average Bonchev–Trinajstić information content (AvgIpc) is 2.56. The molecule has 3 aromatic rings. The van der Waals surface area contributed by atoms with Crippen molar-refractivity contribution in [1.82, 2.24) is 10.3 Å². The first-order valence-electron chi connectivity index (χ1n) is 7.20. The first kappa shape index (κ1) is 15.0. The van der Waals surface area contributed by atoms with Crippen LogP contribution in [0.15, 0.2) is 53.5 Å². The normalized spacial score (nSPS) is 10.7. The fourth-order valence-electron chi connectivity index (χ4n) is 2.43. The van der Waals surface area contributed by atoms with Crippen LogP contribution in [0.3, 0.4) is 0 Å². The topological polar surface area (TPSA) is 62.0 Å². The minimum atomic E-state index is -0.459. The maximum Gasteiger partial charge on any atom is 0.257 e. The lowest BCUT2D eigenvalue weighted by molar-refractivity contribution is 0.0949. The summed E-state index contributed by atoms with van der Waals surface area (Å²) in [5.41, 5.74) is 1.72.